The van der Waals surface area contributed by atoms with Gasteiger partial charge in [0, 0.05) is 18.8 Å². The Bertz CT molecular complexity index is 778. The number of benzene rings is 1. The third-order valence-corrected chi connectivity index (χ3v) is 6.66. The topological polar surface area (TPSA) is 66.8 Å². The van der Waals surface area contributed by atoms with Gasteiger partial charge in [0.15, 0.2) is 0 Å². The molecule has 32 heavy (non-hydrogen) atoms. The molecule has 0 radical (unpaired) electrons. The zero-order valence-electron chi connectivity index (χ0n) is 19.2. The van der Waals surface area contributed by atoms with E-state index in [0.29, 0.717) is 19.3 Å². The maximum Gasteiger partial charge on any atom is 0.306 e. The summed E-state index contributed by atoms with van der Waals surface area (Å²) in [5.41, 5.74) is 2.56. The number of fused-ring (bicyclic) bond motifs is 1. The van der Waals surface area contributed by atoms with E-state index >= 15 is 0 Å². The predicted molar refractivity (Wildman–Crippen MR) is 124 cm³/mol. The minimum Gasteiger partial charge on any atom is -0.463 e. The second kappa shape index (κ2) is 11.8. The number of unbranched alkanes of at least 4 members (excludes halogenated alkanes) is 1. The fraction of sp³-hybridized carbons (Fsp3) is 0.593. The molecule has 0 aliphatic heterocycles. The first kappa shape index (κ1) is 24.7. The summed E-state index contributed by atoms with van der Waals surface area (Å²) in [5.74, 6) is -0.659. The molecule has 3 rings (SSSR count). The number of carbonyl (C=O) groups excluding carboxylic acids is 1. The summed E-state index contributed by atoms with van der Waals surface area (Å²) in [6.45, 7) is 3.67. The number of allylic oxidation sites excluding steroid dienone is 3. The van der Waals surface area contributed by atoms with Gasteiger partial charge in [0.1, 0.15) is 6.17 Å². The Kier molecular flexibility index (Phi) is 9.06. The van der Waals surface area contributed by atoms with Crippen molar-refractivity contribution in [1.82, 2.24) is 0 Å². The normalized spacial score (nSPS) is 26.9. The lowest BCUT2D eigenvalue weighted by atomic mass is 9.89. The highest BCUT2D eigenvalue weighted by Gasteiger charge is 2.40. The number of esters is 1. The molecule has 2 aliphatic carbocycles. The van der Waals surface area contributed by atoms with Crippen molar-refractivity contribution in [2.75, 3.05) is 0 Å². The molecule has 0 aromatic heterocycles. The second-order valence-electron chi connectivity index (χ2n) is 9.51. The van der Waals surface area contributed by atoms with E-state index in [2.05, 4.69) is 12.1 Å². The number of carbonyl (C=O) groups is 1. The number of aliphatic hydroxyl groups is 2. The number of hydrogen-bond acceptors (Lipinski definition) is 4. The van der Waals surface area contributed by atoms with Crippen LogP contribution in [0.4, 0.5) is 4.39 Å². The molecular weight excluding hydrogens is 407 g/mol. The largest absolute Gasteiger partial charge is 0.463 e. The molecule has 0 amide bonds. The van der Waals surface area contributed by atoms with Gasteiger partial charge in [-0.05, 0) is 68.9 Å². The number of rotatable bonds is 10. The average molecular weight is 445 g/mol. The van der Waals surface area contributed by atoms with E-state index in [4.69, 9.17) is 4.74 Å². The van der Waals surface area contributed by atoms with Gasteiger partial charge in [-0.3, -0.25) is 4.79 Å². The van der Waals surface area contributed by atoms with Gasteiger partial charge in [-0.25, -0.2) is 4.39 Å². The highest BCUT2D eigenvalue weighted by molar-refractivity contribution is 5.69. The molecule has 0 saturated heterocycles. The van der Waals surface area contributed by atoms with E-state index in [1.54, 1.807) is 12.2 Å². The fourth-order valence-corrected chi connectivity index (χ4v) is 4.96. The maximum atomic E-state index is 14.6. The lowest BCUT2D eigenvalue weighted by Gasteiger charge is -2.20. The standard InChI is InChI=1S/C27H37FO4/c1-18(2)32-27(31)12-6-4-3-5-11-23-22(24(28)17-26(23)30)13-14-25(29)21-15-19-9-7-8-10-20(19)16-21/h3,5,7-10,13-14,18,21-26,29-30H,4,6,11-12,15-17H2,1-2H3. The van der Waals surface area contributed by atoms with E-state index < -0.39 is 24.3 Å². The van der Waals surface area contributed by atoms with E-state index in [1.165, 1.54) is 11.1 Å². The molecule has 1 aromatic carbocycles. The van der Waals surface area contributed by atoms with E-state index in [0.717, 1.165) is 19.3 Å². The summed E-state index contributed by atoms with van der Waals surface area (Å²) in [4.78, 5) is 11.6. The summed E-state index contributed by atoms with van der Waals surface area (Å²) in [5, 5.41) is 21.0. The van der Waals surface area contributed by atoms with Gasteiger partial charge < -0.3 is 14.9 Å². The van der Waals surface area contributed by atoms with Crippen molar-refractivity contribution >= 4 is 5.97 Å². The van der Waals surface area contributed by atoms with Crippen molar-refractivity contribution in [2.24, 2.45) is 17.8 Å². The molecule has 5 heteroatoms. The molecule has 5 atom stereocenters. The van der Waals surface area contributed by atoms with Crippen LogP contribution in [-0.4, -0.2) is 40.7 Å². The Morgan fingerprint density at radius 2 is 1.91 bits per heavy atom. The van der Waals surface area contributed by atoms with E-state index in [1.807, 2.05) is 38.1 Å². The van der Waals surface area contributed by atoms with Crippen molar-refractivity contribution in [3.8, 4) is 0 Å². The fourth-order valence-electron chi connectivity index (χ4n) is 4.96. The van der Waals surface area contributed by atoms with Gasteiger partial charge in [-0.1, -0.05) is 48.6 Å². The van der Waals surface area contributed by atoms with Crippen LogP contribution in [0, 0.1) is 17.8 Å². The van der Waals surface area contributed by atoms with Crippen molar-refractivity contribution in [3.63, 3.8) is 0 Å². The lowest BCUT2D eigenvalue weighted by Crippen LogP contribution is -2.21. The number of aliphatic hydroxyl groups excluding tert-OH is 2. The van der Waals surface area contributed by atoms with E-state index in [9.17, 15) is 19.4 Å². The molecule has 2 aliphatic rings. The first-order chi connectivity index (χ1) is 15.3. The Balaban J connectivity index is 1.47. The van der Waals surface area contributed by atoms with Crippen molar-refractivity contribution < 1.29 is 24.1 Å². The van der Waals surface area contributed by atoms with Crippen LogP contribution < -0.4 is 0 Å². The summed E-state index contributed by atoms with van der Waals surface area (Å²) in [6.07, 6.45) is 9.24. The number of hydrogen-bond donors (Lipinski definition) is 2. The summed E-state index contributed by atoms with van der Waals surface area (Å²) < 4.78 is 19.7. The Morgan fingerprint density at radius 1 is 1.22 bits per heavy atom. The van der Waals surface area contributed by atoms with Crippen LogP contribution in [0.3, 0.4) is 0 Å². The number of halogens is 1. The molecular formula is C27H37FO4. The monoisotopic (exact) mass is 444 g/mol. The van der Waals surface area contributed by atoms with Gasteiger partial charge in [0.25, 0.3) is 0 Å². The van der Waals surface area contributed by atoms with Gasteiger partial charge in [0.05, 0.1) is 18.3 Å². The van der Waals surface area contributed by atoms with Gasteiger partial charge in [-0.15, -0.1) is 0 Å². The van der Waals surface area contributed by atoms with Crippen LogP contribution in [0.5, 0.6) is 0 Å². The number of alkyl halides is 1. The highest BCUT2D eigenvalue weighted by atomic mass is 19.1. The smallest absolute Gasteiger partial charge is 0.306 e. The third kappa shape index (κ3) is 6.76. The quantitative estimate of drug-likeness (QED) is 0.311. The summed E-state index contributed by atoms with van der Waals surface area (Å²) >= 11 is 0. The van der Waals surface area contributed by atoms with E-state index in [-0.39, 0.29) is 30.3 Å². The zero-order chi connectivity index (χ0) is 23.1. The van der Waals surface area contributed by atoms with Gasteiger partial charge >= 0.3 is 5.97 Å². The maximum absolute atomic E-state index is 14.6. The molecule has 5 unspecified atom stereocenters. The summed E-state index contributed by atoms with van der Waals surface area (Å²) in [7, 11) is 0. The average Bonchev–Trinajstić information content (AvgIpc) is 3.29. The molecule has 2 N–H and O–H groups in total. The van der Waals surface area contributed by atoms with Crippen molar-refractivity contribution in [2.45, 2.75) is 83.3 Å². The predicted octanol–water partition coefficient (Wildman–Crippen LogP) is 4.72. The molecule has 176 valence electrons. The van der Waals surface area contributed by atoms with Crippen LogP contribution in [-0.2, 0) is 22.4 Å². The van der Waals surface area contributed by atoms with Crippen molar-refractivity contribution in [3.05, 3.63) is 59.7 Å². The van der Waals surface area contributed by atoms with Crippen LogP contribution in [0.1, 0.15) is 57.1 Å². The molecule has 1 saturated carbocycles. The van der Waals surface area contributed by atoms with Crippen LogP contribution in [0.25, 0.3) is 0 Å². The van der Waals surface area contributed by atoms with Crippen LogP contribution >= 0.6 is 0 Å². The first-order valence-electron chi connectivity index (χ1n) is 11.9. The summed E-state index contributed by atoms with van der Waals surface area (Å²) in [6, 6.07) is 8.25. The Hall–Kier alpha value is -1.98. The zero-order valence-corrected chi connectivity index (χ0v) is 19.2. The Labute approximate surface area is 191 Å². The van der Waals surface area contributed by atoms with Gasteiger partial charge in [0.2, 0.25) is 0 Å². The van der Waals surface area contributed by atoms with Crippen LogP contribution in [0.2, 0.25) is 0 Å². The molecule has 4 nitrogen and oxygen atoms in total. The molecule has 0 heterocycles. The SMILES string of the molecule is CC(C)OC(=O)CCCC=CCC1C(O)CC(F)C1C=CC(O)C1Cc2ccccc2C1. The van der Waals surface area contributed by atoms with Crippen molar-refractivity contribution in [1.29, 1.82) is 0 Å². The minimum absolute atomic E-state index is 0.0944. The van der Waals surface area contributed by atoms with Crippen LogP contribution in [0.15, 0.2) is 48.6 Å². The van der Waals surface area contributed by atoms with Gasteiger partial charge in [-0.2, -0.15) is 0 Å². The lowest BCUT2D eigenvalue weighted by molar-refractivity contribution is -0.147. The molecule has 1 aromatic rings. The molecule has 0 spiro atoms. The molecule has 0 bridgehead atoms. The second-order valence-corrected chi connectivity index (χ2v) is 9.51. The minimum atomic E-state index is -1.10. The number of ether oxygens (including phenoxy) is 1. The molecule has 1 fully saturated rings. The first-order valence-corrected chi connectivity index (χ1v) is 11.9. The third-order valence-electron chi connectivity index (χ3n) is 6.66. The Morgan fingerprint density at radius 3 is 2.56 bits per heavy atom. The highest BCUT2D eigenvalue weighted by Crippen LogP contribution is 2.38.